The Morgan fingerprint density at radius 3 is 2.32 bits per heavy atom. The Hall–Kier alpha value is -3.22. The number of carbonyl (C=O) groups is 2. The van der Waals surface area contributed by atoms with Gasteiger partial charge in [-0.25, -0.2) is 0 Å². The van der Waals surface area contributed by atoms with E-state index in [1.165, 1.54) is 18.2 Å². The second kappa shape index (κ2) is 6.49. The van der Waals surface area contributed by atoms with Crippen molar-refractivity contribution in [1.29, 1.82) is 0 Å². The fourth-order valence-electron chi connectivity index (χ4n) is 1.93. The first-order chi connectivity index (χ1) is 10.5. The predicted octanol–water partition coefficient (Wildman–Crippen LogP) is 1.87. The minimum absolute atomic E-state index is 0.0197. The summed E-state index contributed by atoms with van der Waals surface area (Å²) in [6.07, 6.45) is 0.110. The number of primary amides is 1. The number of benzene rings is 2. The van der Waals surface area contributed by atoms with Gasteiger partial charge < -0.3 is 11.1 Å². The Balaban J connectivity index is 2.15. The number of carbonyl (C=O) groups excluding carboxylic acids is 2. The molecule has 2 aromatic rings. The molecule has 0 spiro atoms. The van der Waals surface area contributed by atoms with Crippen molar-refractivity contribution in [2.75, 3.05) is 5.32 Å². The number of nitro benzene ring substituents is 1. The summed E-state index contributed by atoms with van der Waals surface area (Å²) in [6, 6.07) is 12.2. The molecule has 7 heteroatoms. The normalized spacial score (nSPS) is 10.0. The average molecular weight is 299 g/mol. The molecular weight excluding hydrogens is 286 g/mol. The molecule has 0 heterocycles. The molecule has 0 saturated carbocycles. The maximum absolute atomic E-state index is 12.1. The van der Waals surface area contributed by atoms with Crippen molar-refractivity contribution >= 4 is 23.2 Å². The van der Waals surface area contributed by atoms with Crippen LogP contribution >= 0.6 is 0 Å². The van der Waals surface area contributed by atoms with Gasteiger partial charge >= 0.3 is 0 Å². The highest BCUT2D eigenvalue weighted by molar-refractivity contribution is 6.07. The summed E-state index contributed by atoms with van der Waals surface area (Å²) in [4.78, 5) is 33.2. The average Bonchev–Trinajstić information content (AvgIpc) is 2.48. The summed E-state index contributed by atoms with van der Waals surface area (Å²) in [5.41, 5.74) is 6.00. The van der Waals surface area contributed by atoms with Crippen molar-refractivity contribution in [3.05, 3.63) is 69.8 Å². The largest absolute Gasteiger partial charge is 0.369 e. The summed E-state index contributed by atoms with van der Waals surface area (Å²) in [7, 11) is 0. The molecule has 112 valence electrons. The first-order valence-corrected chi connectivity index (χ1v) is 6.39. The van der Waals surface area contributed by atoms with E-state index in [2.05, 4.69) is 5.32 Å². The van der Waals surface area contributed by atoms with Gasteiger partial charge in [-0.05, 0) is 23.8 Å². The molecule has 2 amide bonds. The highest BCUT2D eigenvalue weighted by atomic mass is 16.6. The van der Waals surface area contributed by atoms with Gasteiger partial charge in [0.05, 0.1) is 11.3 Å². The molecule has 0 fully saturated rings. The number of rotatable bonds is 5. The van der Waals surface area contributed by atoms with Gasteiger partial charge in [0.25, 0.3) is 11.6 Å². The van der Waals surface area contributed by atoms with Crippen molar-refractivity contribution in [2.24, 2.45) is 5.73 Å². The topological polar surface area (TPSA) is 115 Å². The van der Waals surface area contributed by atoms with Crippen LogP contribution in [-0.2, 0) is 11.2 Å². The van der Waals surface area contributed by atoms with Crippen LogP contribution < -0.4 is 11.1 Å². The predicted molar refractivity (Wildman–Crippen MR) is 80.4 cm³/mol. The van der Waals surface area contributed by atoms with Crippen LogP contribution in [0.15, 0.2) is 48.5 Å². The Labute approximate surface area is 125 Å². The van der Waals surface area contributed by atoms with Crippen molar-refractivity contribution in [3.63, 3.8) is 0 Å². The van der Waals surface area contributed by atoms with Gasteiger partial charge in [0, 0.05) is 11.8 Å². The van der Waals surface area contributed by atoms with Crippen LogP contribution in [0.3, 0.4) is 0 Å². The number of hydrogen-bond donors (Lipinski definition) is 2. The molecule has 3 N–H and O–H groups in total. The van der Waals surface area contributed by atoms with Crippen LogP contribution in [0.2, 0.25) is 0 Å². The molecule has 0 aliphatic rings. The van der Waals surface area contributed by atoms with E-state index in [4.69, 9.17) is 5.73 Å². The van der Waals surface area contributed by atoms with E-state index in [0.29, 0.717) is 5.69 Å². The van der Waals surface area contributed by atoms with E-state index in [1.807, 2.05) is 0 Å². The number of nitrogens with zero attached hydrogens (tertiary/aromatic N) is 1. The number of anilines is 1. The molecule has 0 bridgehead atoms. The van der Waals surface area contributed by atoms with Crippen LogP contribution in [0, 0.1) is 10.1 Å². The minimum atomic E-state index is -0.606. The van der Waals surface area contributed by atoms with Crippen molar-refractivity contribution in [1.82, 2.24) is 0 Å². The number of nitro groups is 1. The zero-order chi connectivity index (χ0) is 16.1. The van der Waals surface area contributed by atoms with Crippen LogP contribution in [0.1, 0.15) is 15.9 Å². The lowest BCUT2D eigenvalue weighted by molar-refractivity contribution is -0.385. The molecular formula is C15H13N3O4. The van der Waals surface area contributed by atoms with Gasteiger partial charge in [0.15, 0.2) is 0 Å². The summed E-state index contributed by atoms with van der Waals surface area (Å²) < 4.78 is 0. The smallest absolute Gasteiger partial charge is 0.282 e. The second-order valence-electron chi connectivity index (χ2n) is 4.57. The molecule has 0 atom stereocenters. The van der Waals surface area contributed by atoms with Crippen LogP contribution in [-0.4, -0.2) is 16.7 Å². The minimum Gasteiger partial charge on any atom is -0.369 e. The lowest BCUT2D eigenvalue weighted by Crippen LogP contribution is -2.15. The van der Waals surface area contributed by atoms with Gasteiger partial charge in [0.1, 0.15) is 5.56 Å². The van der Waals surface area contributed by atoms with Crippen LogP contribution in [0.4, 0.5) is 11.4 Å². The fraction of sp³-hybridized carbons (Fsp3) is 0.0667. The van der Waals surface area contributed by atoms with E-state index < -0.39 is 16.7 Å². The maximum Gasteiger partial charge on any atom is 0.282 e. The van der Waals surface area contributed by atoms with E-state index in [-0.39, 0.29) is 17.7 Å². The van der Waals surface area contributed by atoms with Gasteiger partial charge in [0.2, 0.25) is 5.91 Å². The Kier molecular flexibility index (Phi) is 4.47. The molecule has 2 aromatic carbocycles. The molecule has 2 rings (SSSR count). The van der Waals surface area contributed by atoms with E-state index in [0.717, 1.165) is 5.56 Å². The van der Waals surface area contributed by atoms with Crippen LogP contribution in [0.25, 0.3) is 0 Å². The molecule has 0 saturated heterocycles. The Morgan fingerprint density at radius 1 is 1.09 bits per heavy atom. The quantitative estimate of drug-likeness (QED) is 0.647. The van der Waals surface area contributed by atoms with E-state index in [1.54, 1.807) is 30.3 Å². The SMILES string of the molecule is NC(=O)Cc1ccc(NC(=O)c2ccccc2[N+](=O)[O-])cc1. The van der Waals surface area contributed by atoms with E-state index in [9.17, 15) is 19.7 Å². The van der Waals surface area contributed by atoms with Crippen molar-refractivity contribution in [3.8, 4) is 0 Å². The molecule has 0 aromatic heterocycles. The highest BCUT2D eigenvalue weighted by Crippen LogP contribution is 2.19. The van der Waals surface area contributed by atoms with E-state index >= 15 is 0 Å². The van der Waals surface area contributed by atoms with Crippen molar-refractivity contribution < 1.29 is 14.5 Å². The molecule has 22 heavy (non-hydrogen) atoms. The number of nitrogens with one attached hydrogen (secondary N) is 1. The number of amides is 2. The van der Waals surface area contributed by atoms with Crippen LogP contribution in [0.5, 0.6) is 0 Å². The molecule has 0 aliphatic carbocycles. The third kappa shape index (κ3) is 3.66. The summed E-state index contributed by atoms with van der Waals surface area (Å²) >= 11 is 0. The maximum atomic E-state index is 12.1. The second-order valence-corrected chi connectivity index (χ2v) is 4.57. The van der Waals surface area contributed by atoms with Gasteiger partial charge in [-0.2, -0.15) is 0 Å². The third-order valence-electron chi connectivity index (χ3n) is 2.94. The zero-order valence-electron chi connectivity index (χ0n) is 11.5. The van der Waals surface area contributed by atoms with Gasteiger partial charge in [-0.3, -0.25) is 19.7 Å². The van der Waals surface area contributed by atoms with Crippen molar-refractivity contribution in [2.45, 2.75) is 6.42 Å². The Bertz CT molecular complexity index is 726. The standard InChI is InChI=1S/C15H13N3O4/c16-14(19)9-10-5-7-11(8-6-10)17-15(20)12-3-1-2-4-13(12)18(21)22/h1-8H,9H2,(H2,16,19)(H,17,20). The fourth-order valence-corrected chi connectivity index (χ4v) is 1.93. The first kappa shape index (κ1) is 15.2. The monoisotopic (exact) mass is 299 g/mol. The third-order valence-corrected chi connectivity index (χ3v) is 2.94. The lowest BCUT2D eigenvalue weighted by atomic mass is 10.1. The number of nitrogens with two attached hydrogens (primary N) is 1. The van der Waals surface area contributed by atoms with Gasteiger partial charge in [-0.15, -0.1) is 0 Å². The summed E-state index contributed by atoms with van der Waals surface area (Å²) in [5.74, 6) is -1.02. The molecule has 0 radical (unpaired) electrons. The zero-order valence-corrected chi connectivity index (χ0v) is 11.5. The summed E-state index contributed by atoms with van der Waals surface area (Å²) in [6.45, 7) is 0. The Morgan fingerprint density at radius 2 is 1.73 bits per heavy atom. The molecule has 0 aliphatic heterocycles. The summed E-state index contributed by atoms with van der Waals surface area (Å²) in [5, 5.41) is 13.5. The number of hydrogen-bond acceptors (Lipinski definition) is 4. The first-order valence-electron chi connectivity index (χ1n) is 6.39. The molecule has 7 nitrogen and oxygen atoms in total. The number of para-hydroxylation sites is 1. The highest BCUT2D eigenvalue weighted by Gasteiger charge is 2.19. The molecule has 0 unspecified atom stereocenters. The lowest BCUT2D eigenvalue weighted by Gasteiger charge is -2.06. The van der Waals surface area contributed by atoms with Gasteiger partial charge in [-0.1, -0.05) is 24.3 Å².